The lowest BCUT2D eigenvalue weighted by molar-refractivity contribution is -0.111. The number of hydrogen-bond acceptors (Lipinski definition) is 2. The van der Waals surface area contributed by atoms with Gasteiger partial charge in [0.05, 0.1) is 0 Å². The van der Waals surface area contributed by atoms with Crippen LogP contribution in [0.15, 0.2) is 23.8 Å². The van der Waals surface area contributed by atoms with Gasteiger partial charge in [0, 0.05) is 12.5 Å². The number of aryl methyl sites for hydroxylation is 1. The monoisotopic (exact) mass is 287 g/mol. The molecule has 1 aliphatic rings. The van der Waals surface area contributed by atoms with Crippen LogP contribution in [0.2, 0.25) is 0 Å². The number of ketones is 1. The Morgan fingerprint density at radius 1 is 1.33 bits per heavy atom. The quantitative estimate of drug-likeness (QED) is 0.783. The number of carbonyl (C=O) groups is 1. The molecule has 0 spiro atoms. The Bertz CT molecular complexity index is 612. The summed E-state index contributed by atoms with van der Waals surface area (Å²) in [6.45, 7) is 5.14. The Morgan fingerprint density at radius 2 is 2.00 bits per heavy atom. The first-order valence-corrected chi connectivity index (χ1v) is 7.46. The third-order valence-corrected chi connectivity index (χ3v) is 4.35. The highest BCUT2D eigenvalue weighted by Gasteiger charge is 2.24. The van der Waals surface area contributed by atoms with Crippen LogP contribution in [0.5, 0.6) is 0 Å². The van der Waals surface area contributed by atoms with Gasteiger partial charge in [-0.2, -0.15) is 0 Å². The van der Waals surface area contributed by atoms with Crippen LogP contribution >= 0.6 is 0 Å². The Morgan fingerprint density at radius 3 is 2.52 bits per heavy atom. The van der Waals surface area contributed by atoms with Gasteiger partial charge >= 0.3 is 0 Å². The van der Waals surface area contributed by atoms with Crippen LogP contribution in [0.1, 0.15) is 50.7 Å². The van der Waals surface area contributed by atoms with E-state index in [0.717, 1.165) is 24.0 Å². The number of nitrogens with one attached hydrogen (secondary N) is 1. The fraction of sp³-hybridized carbons (Fsp3) is 0.444. The van der Waals surface area contributed by atoms with Crippen LogP contribution in [0, 0.1) is 24.1 Å². The molecule has 0 saturated heterocycles. The maximum absolute atomic E-state index is 14.1. The van der Waals surface area contributed by atoms with Gasteiger partial charge in [0.25, 0.3) is 0 Å². The van der Waals surface area contributed by atoms with Crippen LogP contribution in [0.3, 0.4) is 0 Å². The molecular weight excluding hydrogens is 265 g/mol. The van der Waals surface area contributed by atoms with Crippen LogP contribution < -0.4 is 0 Å². The van der Waals surface area contributed by atoms with Crippen molar-refractivity contribution in [1.29, 1.82) is 5.41 Å². The molecule has 0 heterocycles. The van der Waals surface area contributed by atoms with E-state index in [1.807, 2.05) is 13.8 Å². The van der Waals surface area contributed by atoms with E-state index in [9.17, 15) is 9.18 Å². The van der Waals surface area contributed by atoms with Crippen LogP contribution in [-0.4, -0.2) is 11.5 Å². The van der Waals surface area contributed by atoms with Gasteiger partial charge < -0.3 is 0 Å². The molecule has 112 valence electrons. The average molecular weight is 287 g/mol. The first-order valence-electron chi connectivity index (χ1n) is 7.46. The second-order valence-corrected chi connectivity index (χ2v) is 6.02. The van der Waals surface area contributed by atoms with Gasteiger partial charge in [-0.3, -0.25) is 10.2 Å². The lowest BCUT2D eigenvalue weighted by atomic mass is 9.78. The topological polar surface area (TPSA) is 40.9 Å². The van der Waals surface area contributed by atoms with Crippen molar-refractivity contribution in [1.82, 2.24) is 0 Å². The molecule has 1 saturated carbocycles. The van der Waals surface area contributed by atoms with E-state index in [-0.39, 0.29) is 17.3 Å². The molecule has 2 nitrogen and oxygen atoms in total. The molecule has 0 bridgehead atoms. The molecule has 21 heavy (non-hydrogen) atoms. The number of benzene rings is 1. The maximum atomic E-state index is 14.1. The average Bonchev–Trinajstić information content (AvgIpc) is 2.39. The fourth-order valence-corrected chi connectivity index (χ4v) is 2.73. The van der Waals surface area contributed by atoms with Crippen molar-refractivity contribution in [2.45, 2.75) is 46.5 Å². The van der Waals surface area contributed by atoms with Crippen molar-refractivity contribution in [3.05, 3.63) is 40.7 Å². The second-order valence-electron chi connectivity index (χ2n) is 6.02. The lowest BCUT2D eigenvalue weighted by Gasteiger charge is -2.27. The summed E-state index contributed by atoms with van der Waals surface area (Å²) in [4.78, 5) is 11.6. The summed E-state index contributed by atoms with van der Waals surface area (Å²) >= 11 is 0. The van der Waals surface area contributed by atoms with Crippen LogP contribution in [0.25, 0.3) is 5.57 Å². The molecule has 3 heteroatoms. The van der Waals surface area contributed by atoms with Crippen molar-refractivity contribution in [3.8, 4) is 0 Å². The van der Waals surface area contributed by atoms with E-state index in [1.54, 1.807) is 12.1 Å². The minimum absolute atomic E-state index is 0.0281. The predicted octanol–water partition coefficient (Wildman–Crippen LogP) is 4.71. The van der Waals surface area contributed by atoms with Crippen molar-refractivity contribution < 1.29 is 9.18 Å². The number of halogens is 1. The highest BCUT2D eigenvalue weighted by molar-refractivity contribution is 6.45. The zero-order valence-electron chi connectivity index (χ0n) is 12.9. The normalized spacial score (nSPS) is 16.2. The molecular formula is C18H22FNO. The van der Waals surface area contributed by atoms with Gasteiger partial charge in [0.15, 0.2) is 5.78 Å². The lowest BCUT2D eigenvalue weighted by Crippen LogP contribution is -2.19. The zero-order valence-corrected chi connectivity index (χ0v) is 12.9. The van der Waals surface area contributed by atoms with E-state index < -0.39 is 0 Å². The van der Waals surface area contributed by atoms with Crippen LogP contribution in [-0.2, 0) is 4.79 Å². The summed E-state index contributed by atoms with van der Waals surface area (Å²) in [6.07, 6.45) is 4.19. The third-order valence-electron chi connectivity index (χ3n) is 4.35. The molecule has 1 N–H and O–H groups in total. The molecule has 0 amide bonds. The first-order chi connectivity index (χ1) is 9.90. The minimum Gasteiger partial charge on any atom is -0.297 e. The molecule has 0 unspecified atom stereocenters. The third kappa shape index (κ3) is 3.46. The molecule has 1 aromatic rings. The Kier molecular flexibility index (Phi) is 4.71. The Hall–Kier alpha value is -1.77. The van der Waals surface area contributed by atoms with E-state index in [0.29, 0.717) is 23.5 Å². The molecule has 1 fully saturated rings. The van der Waals surface area contributed by atoms with Crippen LogP contribution in [0.4, 0.5) is 4.39 Å². The minimum atomic E-state index is -0.291. The molecule has 0 atom stereocenters. The summed E-state index contributed by atoms with van der Waals surface area (Å²) in [5, 5.41) is 8.07. The number of hydrogen-bond donors (Lipinski definition) is 1. The van der Waals surface area contributed by atoms with E-state index >= 15 is 0 Å². The number of Topliss-reactive ketones (excluding diaryl/α,β-unsaturated/α-hetero) is 1. The molecule has 0 aliphatic heterocycles. The zero-order chi connectivity index (χ0) is 15.6. The van der Waals surface area contributed by atoms with Gasteiger partial charge in [0.1, 0.15) is 11.5 Å². The molecule has 2 rings (SSSR count). The van der Waals surface area contributed by atoms with E-state index in [2.05, 4.69) is 0 Å². The summed E-state index contributed by atoms with van der Waals surface area (Å²) < 4.78 is 14.1. The highest BCUT2D eigenvalue weighted by Crippen LogP contribution is 2.35. The number of carbonyl (C=O) groups excluding carboxylic acids is 1. The summed E-state index contributed by atoms with van der Waals surface area (Å²) in [7, 11) is 0. The van der Waals surface area contributed by atoms with Crippen molar-refractivity contribution >= 4 is 17.1 Å². The largest absolute Gasteiger partial charge is 0.297 e. The number of allylic oxidation sites excluding steroid dienone is 2. The van der Waals surface area contributed by atoms with Gasteiger partial charge in [-0.25, -0.2) is 4.39 Å². The van der Waals surface area contributed by atoms with E-state index in [4.69, 9.17) is 5.41 Å². The van der Waals surface area contributed by atoms with Crippen molar-refractivity contribution in [3.63, 3.8) is 0 Å². The summed E-state index contributed by atoms with van der Waals surface area (Å²) in [6, 6.07) is 4.97. The van der Waals surface area contributed by atoms with Gasteiger partial charge in [0.2, 0.25) is 0 Å². The molecule has 1 aliphatic carbocycles. The van der Waals surface area contributed by atoms with Gasteiger partial charge in [-0.1, -0.05) is 30.9 Å². The molecule has 0 radical (unpaired) electrons. The standard InChI is InChI=1S/C18H22FNO/c1-11-7-8-17(19)15(9-11)12(2)16(18(20)13(3)21)10-14-5-4-6-14/h7-9,14,20H,4-6,10H2,1-3H3/b16-12+,20-18?. The first kappa shape index (κ1) is 15.6. The Labute approximate surface area is 125 Å². The SMILES string of the molecule is CC(=O)C(=N)/C(CC1CCC1)=C(\C)c1cc(C)ccc1F. The summed E-state index contributed by atoms with van der Waals surface area (Å²) in [5.74, 6) is -0.0141. The second kappa shape index (κ2) is 6.33. The number of rotatable bonds is 5. The summed E-state index contributed by atoms with van der Waals surface area (Å²) in [5.41, 5.74) is 2.94. The molecule has 1 aromatic carbocycles. The maximum Gasteiger partial charge on any atom is 0.177 e. The smallest absolute Gasteiger partial charge is 0.177 e. The van der Waals surface area contributed by atoms with Gasteiger partial charge in [-0.15, -0.1) is 0 Å². The van der Waals surface area contributed by atoms with E-state index in [1.165, 1.54) is 19.4 Å². The van der Waals surface area contributed by atoms with Crippen molar-refractivity contribution in [2.75, 3.05) is 0 Å². The fourth-order valence-electron chi connectivity index (χ4n) is 2.73. The van der Waals surface area contributed by atoms with Crippen molar-refractivity contribution in [2.24, 2.45) is 5.92 Å². The highest BCUT2D eigenvalue weighted by atomic mass is 19.1. The van der Waals surface area contributed by atoms with Gasteiger partial charge in [-0.05, 0) is 49.5 Å². The molecule has 0 aromatic heterocycles. The predicted molar refractivity (Wildman–Crippen MR) is 84.1 cm³/mol. The Balaban J connectivity index is 2.46.